The second-order valence-electron chi connectivity index (χ2n) is 4.81. The molecule has 0 saturated carbocycles. The molecular weight excluding hydrogens is 166 g/mol. The van der Waals surface area contributed by atoms with Gasteiger partial charge in [-0.25, -0.2) is 0 Å². The molecule has 2 atom stereocenters. The SMILES string of the molecule is CC1CSCC(C)N1C(C)(C)C. The summed E-state index contributed by atoms with van der Waals surface area (Å²) >= 11 is 2.09. The van der Waals surface area contributed by atoms with Gasteiger partial charge in [0.25, 0.3) is 0 Å². The summed E-state index contributed by atoms with van der Waals surface area (Å²) in [6, 6.07) is 1.47. The number of hydrogen-bond acceptors (Lipinski definition) is 2. The minimum absolute atomic E-state index is 0.333. The Morgan fingerprint density at radius 2 is 1.50 bits per heavy atom. The highest BCUT2D eigenvalue weighted by molar-refractivity contribution is 7.99. The van der Waals surface area contributed by atoms with Crippen molar-refractivity contribution in [3.05, 3.63) is 0 Å². The Kier molecular flexibility index (Phi) is 3.11. The van der Waals surface area contributed by atoms with E-state index in [1.807, 2.05) is 0 Å². The van der Waals surface area contributed by atoms with Gasteiger partial charge in [-0.15, -0.1) is 0 Å². The zero-order chi connectivity index (χ0) is 9.35. The van der Waals surface area contributed by atoms with E-state index in [2.05, 4.69) is 51.3 Å². The van der Waals surface area contributed by atoms with Gasteiger partial charge in [0.1, 0.15) is 0 Å². The van der Waals surface area contributed by atoms with Gasteiger partial charge >= 0.3 is 0 Å². The first-order valence-electron chi connectivity index (χ1n) is 4.79. The lowest BCUT2D eigenvalue weighted by molar-refractivity contribution is 0.0635. The van der Waals surface area contributed by atoms with E-state index in [0.29, 0.717) is 5.54 Å². The van der Waals surface area contributed by atoms with Crippen molar-refractivity contribution in [1.82, 2.24) is 4.90 Å². The van der Waals surface area contributed by atoms with Gasteiger partial charge < -0.3 is 0 Å². The van der Waals surface area contributed by atoms with E-state index in [1.165, 1.54) is 11.5 Å². The summed E-state index contributed by atoms with van der Waals surface area (Å²) in [4.78, 5) is 2.64. The van der Waals surface area contributed by atoms with Crippen molar-refractivity contribution in [2.45, 2.75) is 52.2 Å². The van der Waals surface area contributed by atoms with Gasteiger partial charge in [0.15, 0.2) is 0 Å². The maximum Gasteiger partial charge on any atom is 0.0166 e. The highest BCUT2D eigenvalue weighted by Gasteiger charge is 2.33. The molecule has 0 spiro atoms. The molecule has 0 amide bonds. The van der Waals surface area contributed by atoms with Gasteiger partial charge in [-0.05, 0) is 34.6 Å². The molecule has 0 aromatic rings. The maximum atomic E-state index is 2.64. The van der Waals surface area contributed by atoms with Crippen molar-refractivity contribution in [1.29, 1.82) is 0 Å². The van der Waals surface area contributed by atoms with E-state index in [4.69, 9.17) is 0 Å². The van der Waals surface area contributed by atoms with Crippen LogP contribution in [0.15, 0.2) is 0 Å². The minimum Gasteiger partial charge on any atom is -0.292 e. The van der Waals surface area contributed by atoms with Gasteiger partial charge in [-0.2, -0.15) is 11.8 Å². The number of nitrogens with zero attached hydrogens (tertiary/aromatic N) is 1. The molecule has 0 aliphatic carbocycles. The predicted molar refractivity (Wildman–Crippen MR) is 57.8 cm³/mol. The molecular formula is C10H21NS. The molecule has 2 heteroatoms. The standard InChI is InChI=1S/C10H21NS/c1-8-6-12-7-9(2)11(8)10(3,4)5/h8-9H,6-7H2,1-5H3. The zero-order valence-corrected chi connectivity index (χ0v) is 9.74. The Morgan fingerprint density at radius 3 is 1.75 bits per heavy atom. The quantitative estimate of drug-likeness (QED) is 0.573. The van der Waals surface area contributed by atoms with Gasteiger partial charge in [-0.1, -0.05) is 0 Å². The average molecular weight is 187 g/mol. The van der Waals surface area contributed by atoms with Crippen LogP contribution >= 0.6 is 11.8 Å². The fraction of sp³-hybridized carbons (Fsp3) is 1.00. The number of hydrogen-bond donors (Lipinski definition) is 0. The maximum absolute atomic E-state index is 2.64. The van der Waals surface area contributed by atoms with Crippen LogP contribution in [0.25, 0.3) is 0 Å². The molecule has 1 saturated heterocycles. The van der Waals surface area contributed by atoms with Gasteiger partial charge in [-0.3, -0.25) is 4.90 Å². The van der Waals surface area contributed by atoms with Crippen LogP contribution in [0.5, 0.6) is 0 Å². The predicted octanol–water partition coefficient (Wildman–Crippen LogP) is 2.61. The van der Waals surface area contributed by atoms with Crippen LogP contribution in [0.1, 0.15) is 34.6 Å². The first-order valence-corrected chi connectivity index (χ1v) is 5.94. The number of rotatable bonds is 0. The monoisotopic (exact) mass is 187 g/mol. The van der Waals surface area contributed by atoms with E-state index in [-0.39, 0.29) is 0 Å². The van der Waals surface area contributed by atoms with Crippen molar-refractivity contribution in [3.8, 4) is 0 Å². The molecule has 0 radical (unpaired) electrons. The van der Waals surface area contributed by atoms with Gasteiger partial charge in [0.05, 0.1) is 0 Å². The molecule has 1 aliphatic heterocycles. The van der Waals surface area contributed by atoms with Crippen LogP contribution < -0.4 is 0 Å². The highest BCUT2D eigenvalue weighted by Crippen LogP contribution is 2.28. The molecule has 0 bridgehead atoms. The molecule has 1 nitrogen and oxygen atoms in total. The first-order chi connectivity index (χ1) is 5.43. The summed E-state index contributed by atoms with van der Waals surface area (Å²) in [6.45, 7) is 11.6. The third kappa shape index (κ3) is 2.17. The zero-order valence-electron chi connectivity index (χ0n) is 8.92. The Bertz CT molecular complexity index is 140. The third-order valence-electron chi connectivity index (χ3n) is 2.44. The smallest absolute Gasteiger partial charge is 0.0166 e. The van der Waals surface area contributed by atoms with Crippen LogP contribution in [-0.2, 0) is 0 Å². The third-order valence-corrected chi connectivity index (χ3v) is 3.88. The Balaban J connectivity index is 2.69. The van der Waals surface area contributed by atoms with Crippen molar-refractivity contribution in [2.24, 2.45) is 0 Å². The minimum atomic E-state index is 0.333. The topological polar surface area (TPSA) is 3.24 Å². The first kappa shape index (κ1) is 10.4. The normalized spacial score (nSPS) is 33.8. The molecule has 1 rings (SSSR count). The summed E-state index contributed by atoms with van der Waals surface area (Å²) in [7, 11) is 0. The van der Waals surface area contributed by atoms with Crippen molar-refractivity contribution in [2.75, 3.05) is 11.5 Å². The van der Waals surface area contributed by atoms with E-state index in [9.17, 15) is 0 Å². The summed E-state index contributed by atoms with van der Waals surface area (Å²) in [5.74, 6) is 2.59. The molecule has 0 N–H and O–H groups in total. The fourth-order valence-electron chi connectivity index (χ4n) is 2.33. The lowest BCUT2D eigenvalue weighted by Gasteiger charge is -2.47. The summed E-state index contributed by atoms with van der Waals surface area (Å²) in [5, 5.41) is 0. The molecule has 0 aromatic carbocycles. The molecule has 72 valence electrons. The van der Waals surface area contributed by atoms with Crippen molar-refractivity contribution in [3.63, 3.8) is 0 Å². The lowest BCUT2D eigenvalue weighted by atomic mass is 10.0. The molecule has 0 aromatic heterocycles. The molecule has 12 heavy (non-hydrogen) atoms. The largest absolute Gasteiger partial charge is 0.292 e. The van der Waals surface area contributed by atoms with Crippen LogP contribution in [-0.4, -0.2) is 34.0 Å². The van der Waals surface area contributed by atoms with E-state index in [1.54, 1.807) is 0 Å². The van der Waals surface area contributed by atoms with Crippen molar-refractivity contribution >= 4 is 11.8 Å². The Morgan fingerprint density at radius 1 is 1.08 bits per heavy atom. The second-order valence-corrected chi connectivity index (χ2v) is 5.89. The van der Waals surface area contributed by atoms with E-state index >= 15 is 0 Å². The molecule has 1 heterocycles. The summed E-state index contributed by atoms with van der Waals surface area (Å²) in [6.07, 6.45) is 0. The highest BCUT2D eigenvalue weighted by atomic mass is 32.2. The summed E-state index contributed by atoms with van der Waals surface area (Å²) in [5.41, 5.74) is 0.333. The van der Waals surface area contributed by atoms with E-state index < -0.39 is 0 Å². The number of thioether (sulfide) groups is 1. The average Bonchev–Trinajstić information content (AvgIpc) is 1.82. The van der Waals surface area contributed by atoms with Crippen LogP contribution in [0, 0.1) is 0 Å². The van der Waals surface area contributed by atoms with Gasteiger partial charge in [0, 0.05) is 29.1 Å². The van der Waals surface area contributed by atoms with E-state index in [0.717, 1.165) is 12.1 Å². The summed E-state index contributed by atoms with van der Waals surface area (Å²) < 4.78 is 0. The Labute approximate surface area is 80.9 Å². The van der Waals surface area contributed by atoms with Crippen LogP contribution in [0.2, 0.25) is 0 Å². The van der Waals surface area contributed by atoms with Gasteiger partial charge in [0.2, 0.25) is 0 Å². The van der Waals surface area contributed by atoms with Crippen molar-refractivity contribution < 1.29 is 0 Å². The van der Waals surface area contributed by atoms with Crippen LogP contribution in [0.3, 0.4) is 0 Å². The second kappa shape index (κ2) is 3.59. The lowest BCUT2D eigenvalue weighted by Crippen LogP contribution is -2.55. The molecule has 1 fully saturated rings. The fourth-order valence-corrected chi connectivity index (χ4v) is 3.47. The Hall–Kier alpha value is 0.310. The molecule has 2 unspecified atom stereocenters. The van der Waals surface area contributed by atoms with Crippen LogP contribution in [0.4, 0.5) is 0 Å². The molecule has 1 aliphatic rings.